The van der Waals surface area contributed by atoms with Gasteiger partial charge in [-0.25, -0.2) is 8.42 Å². The number of aryl methyl sites for hydroxylation is 1. The lowest BCUT2D eigenvalue weighted by atomic mass is 10.1. The number of amides is 2. The van der Waals surface area contributed by atoms with Crippen molar-refractivity contribution in [1.29, 1.82) is 0 Å². The van der Waals surface area contributed by atoms with Crippen LogP contribution in [0.5, 0.6) is 0 Å². The summed E-state index contributed by atoms with van der Waals surface area (Å²) in [6, 6.07) is 1.64. The maximum atomic E-state index is 12.4. The van der Waals surface area contributed by atoms with Gasteiger partial charge in [-0.05, 0) is 13.3 Å². The second-order valence-electron chi connectivity index (χ2n) is 6.57. The number of piperazine rings is 1. The average molecular weight is 370 g/mol. The van der Waals surface area contributed by atoms with Crippen molar-refractivity contribution < 1.29 is 22.5 Å². The van der Waals surface area contributed by atoms with Gasteiger partial charge in [-0.3, -0.25) is 14.5 Å². The zero-order chi connectivity index (χ0) is 18.0. The molecule has 138 valence electrons. The van der Waals surface area contributed by atoms with E-state index < -0.39 is 15.8 Å². The molecule has 3 rings (SSSR count). The van der Waals surface area contributed by atoms with E-state index in [0.717, 1.165) is 0 Å². The molecule has 9 nitrogen and oxygen atoms in total. The molecule has 0 bridgehead atoms. The van der Waals surface area contributed by atoms with E-state index in [1.807, 2.05) is 4.90 Å². The number of carbonyl (C=O) groups excluding carboxylic acids is 2. The molecule has 2 fully saturated rings. The number of nitrogens with one attached hydrogen (secondary N) is 1. The fraction of sp³-hybridized carbons (Fsp3) is 0.667. The predicted molar refractivity (Wildman–Crippen MR) is 89.7 cm³/mol. The highest BCUT2D eigenvalue weighted by molar-refractivity contribution is 7.91. The highest BCUT2D eigenvalue weighted by Gasteiger charge is 2.36. The Morgan fingerprint density at radius 3 is 2.60 bits per heavy atom. The molecule has 3 heterocycles. The number of sulfone groups is 1. The van der Waals surface area contributed by atoms with Crippen LogP contribution in [0.25, 0.3) is 0 Å². The fourth-order valence-corrected chi connectivity index (χ4v) is 4.92. The van der Waals surface area contributed by atoms with Crippen molar-refractivity contribution in [1.82, 2.24) is 15.0 Å². The third-order valence-electron chi connectivity index (χ3n) is 4.53. The molecule has 2 saturated heterocycles. The SMILES string of the molecule is Cc1cc(NC(=O)CN2CCN(C(=O)C3CCS(=O)(=O)C3)CC2)no1. The standard InChI is InChI=1S/C15H22N4O5S/c1-11-8-13(17-24-11)16-14(20)9-18-3-5-19(6-4-18)15(21)12-2-7-25(22,23)10-12/h8,12H,2-7,9-10H2,1H3,(H,16,17,20). The summed E-state index contributed by atoms with van der Waals surface area (Å²) in [6.07, 6.45) is 0.418. The Morgan fingerprint density at radius 2 is 2.04 bits per heavy atom. The number of nitrogens with zero attached hydrogens (tertiary/aromatic N) is 3. The summed E-state index contributed by atoms with van der Waals surface area (Å²) in [4.78, 5) is 28.1. The third kappa shape index (κ3) is 4.57. The number of hydrogen-bond donors (Lipinski definition) is 1. The van der Waals surface area contributed by atoms with Gasteiger partial charge in [0.1, 0.15) is 5.76 Å². The van der Waals surface area contributed by atoms with Gasteiger partial charge in [0.05, 0.1) is 24.0 Å². The molecule has 10 heteroatoms. The van der Waals surface area contributed by atoms with E-state index in [1.165, 1.54) is 0 Å². The Kier molecular flexibility index (Phi) is 5.09. The Morgan fingerprint density at radius 1 is 1.32 bits per heavy atom. The Bertz CT molecular complexity index is 752. The van der Waals surface area contributed by atoms with E-state index in [9.17, 15) is 18.0 Å². The summed E-state index contributed by atoms with van der Waals surface area (Å²) in [5, 5.41) is 6.38. The molecule has 2 aliphatic rings. The molecule has 2 amide bonds. The Balaban J connectivity index is 1.44. The quantitative estimate of drug-likeness (QED) is 0.760. The monoisotopic (exact) mass is 370 g/mol. The van der Waals surface area contributed by atoms with Crippen LogP contribution in [0.2, 0.25) is 0 Å². The normalized spacial score (nSPS) is 23.6. The maximum absolute atomic E-state index is 12.4. The van der Waals surface area contributed by atoms with Crippen molar-refractivity contribution in [3.05, 3.63) is 11.8 Å². The molecule has 0 saturated carbocycles. The number of hydrogen-bond acceptors (Lipinski definition) is 7. The summed E-state index contributed by atoms with van der Waals surface area (Å²) in [7, 11) is -3.06. The van der Waals surface area contributed by atoms with E-state index >= 15 is 0 Å². The maximum Gasteiger partial charge on any atom is 0.239 e. The zero-order valence-electron chi connectivity index (χ0n) is 14.1. The Hall–Kier alpha value is -1.94. The lowest BCUT2D eigenvalue weighted by molar-refractivity contribution is -0.136. The smallest absolute Gasteiger partial charge is 0.239 e. The Labute approximate surface area is 146 Å². The van der Waals surface area contributed by atoms with Crippen LogP contribution in [-0.2, 0) is 19.4 Å². The minimum Gasteiger partial charge on any atom is -0.360 e. The molecule has 0 aliphatic carbocycles. The van der Waals surface area contributed by atoms with Gasteiger partial charge in [-0.2, -0.15) is 0 Å². The first-order valence-corrected chi connectivity index (χ1v) is 10.1. The third-order valence-corrected chi connectivity index (χ3v) is 6.30. The van der Waals surface area contributed by atoms with E-state index in [0.29, 0.717) is 44.2 Å². The van der Waals surface area contributed by atoms with Gasteiger partial charge in [0.25, 0.3) is 0 Å². The van der Waals surface area contributed by atoms with Crippen molar-refractivity contribution in [2.45, 2.75) is 13.3 Å². The summed E-state index contributed by atoms with van der Waals surface area (Å²) in [5.74, 6) is 0.403. The lowest BCUT2D eigenvalue weighted by Gasteiger charge is -2.35. The van der Waals surface area contributed by atoms with Crippen LogP contribution in [0.15, 0.2) is 10.6 Å². The molecule has 25 heavy (non-hydrogen) atoms. The predicted octanol–water partition coefficient (Wildman–Crippen LogP) is -0.500. The summed E-state index contributed by atoms with van der Waals surface area (Å²) < 4.78 is 27.9. The molecule has 1 atom stereocenters. The molecule has 1 aromatic rings. The largest absolute Gasteiger partial charge is 0.360 e. The summed E-state index contributed by atoms with van der Waals surface area (Å²) in [5.41, 5.74) is 0. The molecular formula is C15H22N4O5S. The van der Waals surface area contributed by atoms with E-state index in [4.69, 9.17) is 4.52 Å². The van der Waals surface area contributed by atoms with E-state index in [2.05, 4.69) is 10.5 Å². The minimum atomic E-state index is -3.06. The van der Waals surface area contributed by atoms with E-state index in [-0.39, 0.29) is 29.9 Å². The van der Waals surface area contributed by atoms with Gasteiger partial charge in [0, 0.05) is 32.2 Å². The molecule has 1 N–H and O–H groups in total. The topological polar surface area (TPSA) is 113 Å². The van der Waals surface area contributed by atoms with Crippen LogP contribution in [0, 0.1) is 12.8 Å². The summed E-state index contributed by atoms with van der Waals surface area (Å²) >= 11 is 0. The zero-order valence-corrected chi connectivity index (χ0v) is 14.9. The van der Waals surface area contributed by atoms with Gasteiger partial charge in [-0.1, -0.05) is 5.16 Å². The fourth-order valence-electron chi connectivity index (χ4n) is 3.19. The highest BCUT2D eigenvalue weighted by Crippen LogP contribution is 2.21. The van der Waals surface area contributed by atoms with Crippen LogP contribution < -0.4 is 5.32 Å². The first kappa shape index (κ1) is 17.9. The van der Waals surface area contributed by atoms with Crippen LogP contribution in [0.3, 0.4) is 0 Å². The number of rotatable bonds is 4. The van der Waals surface area contributed by atoms with Crippen molar-refractivity contribution in [3.8, 4) is 0 Å². The molecule has 1 aromatic heterocycles. The molecular weight excluding hydrogens is 348 g/mol. The van der Waals surface area contributed by atoms with Crippen molar-refractivity contribution in [2.75, 3.05) is 49.5 Å². The van der Waals surface area contributed by atoms with Gasteiger partial charge >= 0.3 is 0 Å². The molecule has 0 radical (unpaired) electrons. The molecule has 1 unspecified atom stereocenters. The molecule has 0 spiro atoms. The number of anilines is 1. The van der Waals surface area contributed by atoms with Crippen LogP contribution in [0.1, 0.15) is 12.2 Å². The van der Waals surface area contributed by atoms with Crippen LogP contribution >= 0.6 is 0 Å². The van der Waals surface area contributed by atoms with Gasteiger partial charge in [-0.15, -0.1) is 0 Å². The average Bonchev–Trinajstić information content (AvgIpc) is 3.12. The first-order valence-electron chi connectivity index (χ1n) is 8.27. The minimum absolute atomic E-state index is 0.0361. The van der Waals surface area contributed by atoms with Crippen molar-refractivity contribution in [2.24, 2.45) is 5.92 Å². The molecule has 2 aliphatic heterocycles. The summed E-state index contributed by atoms with van der Waals surface area (Å²) in [6.45, 7) is 4.13. The highest BCUT2D eigenvalue weighted by atomic mass is 32.2. The molecule has 0 aromatic carbocycles. The van der Waals surface area contributed by atoms with Crippen LogP contribution in [0.4, 0.5) is 5.82 Å². The second-order valence-corrected chi connectivity index (χ2v) is 8.80. The first-order chi connectivity index (χ1) is 11.8. The number of aromatic nitrogens is 1. The number of carbonyl (C=O) groups is 2. The second kappa shape index (κ2) is 7.12. The van der Waals surface area contributed by atoms with Crippen LogP contribution in [-0.4, -0.2) is 79.4 Å². The lowest BCUT2D eigenvalue weighted by Crippen LogP contribution is -2.52. The van der Waals surface area contributed by atoms with Crippen molar-refractivity contribution in [3.63, 3.8) is 0 Å². The van der Waals surface area contributed by atoms with Gasteiger partial charge in [0.2, 0.25) is 11.8 Å². The van der Waals surface area contributed by atoms with Gasteiger partial charge < -0.3 is 14.7 Å². The van der Waals surface area contributed by atoms with Crippen molar-refractivity contribution >= 4 is 27.5 Å². The van der Waals surface area contributed by atoms with Gasteiger partial charge in [0.15, 0.2) is 15.7 Å². The van der Waals surface area contributed by atoms with E-state index in [1.54, 1.807) is 17.9 Å².